The second-order valence-corrected chi connectivity index (χ2v) is 3.60. The lowest BCUT2D eigenvalue weighted by Gasteiger charge is -2.12. The molecule has 0 aliphatic heterocycles. The van der Waals surface area contributed by atoms with Gasteiger partial charge in [0.1, 0.15) is 11.5 Å². The summed E-state index contributed by atoms with van der Waals surface area (Å²) in [5, 5.41) is 12.5. The van der Waals surface area contributed by atoms with Gasteiger partial charge in [-0.1, -0.05) is 12.1 Å². The molecule has 0 atom stereocenters. The van der Waals surface area contributed by atoms with E-state index in [4.69, 9.17) is 4.74 Å². The van der Waals surface area contributed by atoms with E-state index in [1.54, 1.807) is 12.1 Å². The summed E-state index contributed by atoms with van der Waals surface area (Å²) in [7, 11) is 0. The molecule has 0 bridgehead atoms. The average Bonchev–Trinajstić information content (AvgIpc) is 2.35. The van der Waals surface area contributed by atoms with Crippen molar-refractivity contribution in [2.75, 3.05) is 11.9 Å². The van der Waals surface area contributed by atoms with Gasteiger partial charge in [-0.15, -0.1) is 0 Å². The van der Waals surface area contributed by atoms with Crippen molar-refractivity contribution in [3.8, 4) is 11.5 Å². The molecule has 88 valence electrons. The largest absolute Gasteiger partial charge is 0.508 e. The summed E-state index contributed by atoms with van der Waals surface area (Å²) in [6.45, 7) is 2.59. The maximum Gasteiger partial charge on any atom is 0.142 e. The first-order valence-corrected chi connectivity index (χ1v) is 5.57. The van der Waals surface area contributed by atoms with E-state index in [9.17, 15) is 5.11 Å². The SMILES string of the molecule is CCOc1ccccc1Nc1ccc(O)cc1. The molecule has 0 saturated heterocycles. The first-order valence-electron chi connectivity index (χ1n) is 5.57. The summed E-state index contributed by atoms with van der Waals surface area (Å²) in [5.74, 6) is 1.08. The number of benzene rings is 2. The van der Waals surface area contributed by atoms with E-state index in [2.05, 4.69) is 5.32 Å². The van der Waals surface area contributed by atoms with Crippen LogP contribution in [0.25, 0.3) is 0 Å². The molecule has 0 amide bonds. The van der Waals surface area contributed by atoms with Crippen LogP contribution >= 0.6 is 0 Å². The van der Waals surface area contributed by atoms with Crippen molar-refractivity contribution in [1.82, 2.24) is 0 Å². The molecule has 3 nitrogen and oxygen atoms in total. The van der Waals surface area contributed by atoms with Crippen LogP contribution in [0.15, 0.2) is 48.5 Å². The summed E-state index contributed by atoms with van der Waals surface area (Å²) in [6.07, 6.45) is 0. The summed E-state index contributed by atoms with van der Waals surface area (Å²) >= 11 is 0. The molecular formula is C14H15NO2. The smallest absolute Gasteiger partial charge is 0.142 e. The number of hydrogen-bond acceptors (Lipinski definition) is 3. The second-order valence-electron chi connectivity index (χ2n) is 3.60. The van der Waals surface area contributed by atoms with Crippen molar-refractivity contribution in [3.63, 3.8) is 0 Å². The molecule has 2 rings (SSSR count). The normalized spacial score (nSPS) is 9.94. The highest BCUT2D eigenvalue weighted by Crippen LogP contribution is 2.27. The first-order chi connectivity index (χ1) is 8.29. The van der Waals surface area contributed by atoms with Gasteiger partial charge in [0.2, 0.25) is 0 Å². The molecule has 0 unspecified atom stereocenters. The van der Waals surface area contributed by atoms with Crippen molar-refractivity contribution in [1.29, 1.82) is 0 Å². The standard InChI is InChI=1S/C14H15NO2/c1-2-17-14-6-4-3-5-13(14)15-11-7-9-12(16)10-8-11/h3-10,15-16H,2H2,1H3. The molecule has 0 aliphatic carbocycles. The lowest BCUT2D eigenvalue weighted by molar-refractivity contribution is 0.342. The van der Waals surface area contributed by atoms with Gasteiger partial charge in [-0.25, -0.2) is 0 Å². The lowest BCUT2D eigenvalue weighted by Crippen LogP contribution is -1.97. The van der Waals surface area contributed by atoms with Gasteiger partial charge in [-0.2, -0.15) is 0 Å². The maximum absolute atomic E-state index is 9.21. The Labute approximate surface area is 101 Å². The minimum absolute atomic E-state index is 0.258. The molecule has 0 aliphatic rings. The maximum atomic E-state index is 9.21. The van der Waals surface area contributed by atoms with E-state index in [1.165, 1.54) is 0 Å². The topological polar surface area (TPSA) is 41.5 Å². The van der Waals surface area contributed by atoms with Crippen LogP contribution in [-0.2, 0) is 0 Å². The summed E-state index contributed by atoms with van der Waals surface area (Å²) in [5.41, 5.74) is 1.83. The number of aromatic hydroxyl groups is 1. The highest BCUT2D eigenvalue weighted by molar-refractivity contribution is 5.66. The molecule has 0 radical (unpaired) electrons. The summed E-state index contributed by atoms with van der Waals surface area (Å²) in [4.78, 5) is 0. The molecule has 17 heavy (non-hydrogen) atoms. The van der Waals surface area contributed by atoms with Gasteiger partial charge in [0.15, 0.2) is 0 Å². The molecule has 0 heterocycles. The van der Waals surface area contributed by atoms with Gasteiger partial charge < -0.3 is 15.2 Å². The van der Waals surface area contributed by atoms with Gasteiger partial charge in [-0.05, 0) is 43.3 Å². The molecule has 2 aromatic carbocycles. The third-order valence-corrected chi connectivity index (χ3v) is 2.33. The van der Waals surface area contributed by atoms with Crippen LogP contribution < -0.4 is 10.1 Å². The van der Waals surface area contributed by atoms with E-state index >= 15 is 0 Å². The highest BCUT2D eigenvalue weighted by atomic mass is 16.5. The molecule has 3 heteroatoms. The highest BCUT2D eigenvalue weighted by Gasteiger charge is 2.02. The van der Waals surface area contributed by atoms with Crippen molar-refractivity contribution < 1.29 is 9.84 Å². The van der Waals surface area contributed by atoms with E-state index in [0.29, 0.717) is 6.61 Å². The number of phenols is 1. The van der Waals surface area contributed by atoms with E-state index in [0.717, 1.165) is 17.1 Å². The van der Waals surface area contributed by atoms with Crippen molar-refractivity contribution in [3.05, 3.63) is 48.5 Å². The minimum atomic E-state index is 0.258. The molecule has 2 aromatic rings. The van der Waals surface area contributed by atoms with Gasteiger partial charge in [0.25, 0.3) is 0 Å². The fraction of sp³-hybridized carbons (Fsp3) is 0.143. The number of para-hydroxylation sites is 2. The molecular weight excluding hydrogens is 214 g/mol. The van der Waals surface area contributed by atoms with Crippen LogP contribution in [0, 0.1) is 0 Å². The van der Waals surface area contributed by atoms with Gasteiger partial charge in [0, 0.05) is 5.69 Å². The molecule has 2 N–H and O–H groups in total. The summed E-state index contributed by atoms with van der Waals surface area (Å²) < 4.78 is 5.52. The van der Waals surface area contributed by atoms with Crippen LogP contribution in [0.1, 0.15) is 6.92 Å². The number of ether oxygens (including phenoxy) is 1. The van der Waals surface area contributed by atoms with Crippen LogP contribution in [0.5, 0.6) is 11.5 Å². The third kappa shape index (κ3) is 2.91. The van der Waals surface area contributed by atoms with Gasteiger partial charge in [-0.3, -0.25) is 0 Å². The number of hydrogen-bond donors (Lipinski definition) is 2. The van der Waals surface area contributed by atoms with Crippen molar-refractivity contribution >= 4 is 11.4 Å². The van der Waals surface area contributed by atoms with E-state index < -0.39 is 0 Å². The lowest BCUT2D eigenvalue weighted by atomic mass is 10.2. The van der Waals surface area contributed by atoms with Crippen LogP contribution in [0.3, 0.4) is 0 Å². The molecule has 0 saturated carbocycles. The Balaban J connectivity index is 2.20. The van der Waals surface area contributed by atoms with Crippen LogP contribution in [-0.4, -0.2) is 11.7 Å². The fourth-order valence-electron chi connectivity index (χ4n) is 1.55. The number of phenolic OH excluding ortho intramolecular Hbond substituents is 1. The predicted octanol–water partition coefficient (Wildman–Crippen LogP) is 3.53. The quantitative estimate of drug-likeness (QED) is 0.788. The number of nitrogens with one attached hydrogen (secondary N) is 1. The van der Waals surface area contributed by atoms with E-state index in [1.807, 2.05) is 43.3 Å². The fourth-order valence-corrected chi connectivity index (χ4v) is 1.55. The minimum Gasteiger partial charge on any atom is -0.508 e. The molecule has 0 spiro atoms. The van der Waals surface area contributed by atoms with Crippen molar-refractivity contribution in [2.24, 2.45) is 0 Å². The zero-order valence-electron chi connectivity index (χ0n) is 9.68. The van der Waals surface area contributed by atoms with Gasteiger partial charge >= 0.3 is 0 Å². The zero-order chi connectivity index (χ0) is 12.1. The number of anilines is 2. The Morgan fingerprint density at radius 1 is 1.06 bits per heavy atom. The Morgan fingerprint density at radius 3 is 2.47 bits per heavy atom. The first kappa shape index (κ1) is 11.3. The Bertz CT molecular complexity index is 480. The van der Waals surface area contributed by atoms with E-state index in [-0.39, 0.29) is 5.75 Å². The Kier molecular flexibility index (Phi) is 3.50. The monoisotopic (exact) mass is 229 g/mol. The average molecular weight is 229 g/mol. The van der Waals surface area contributed by atoms with Crippen LogP contribution in [0.4, 0.5) is 11.4 Å². The van der Waals surface area contributed by atoms with Gasteiger partial charge in [0.05, 0.1) is 12.3 Å². The van der Waals surface area contributed by atoms with Crippen LogP contribution in [0.2, 0.25) is 0 Å². The third-order valence-electron chi connectivity index (χ3n) is 2.33. The Hall–Kier alpha value is -2.16. The second kappa shape index (κ2) is 5.25. The Morgan fingerprint density at radius 2 is 1.76 bits per heavy atom. The summed E-state index contributed by atoms with van der Waals surface area (Å²) in [6, 6.07) is 14.7. The zero-order valence-corrected chi connectivity index (χ0v) is 9.68. The molecule has 0 aromatic heterocycles. The molecule has 0 fully saturated rings. The predicted molar refractivity (Wildman–Crippen MR) is 69.0 cm³/mol. The van der Waals surface area contributed by atoms with Crippen molar-refractivity contribution in [2.45, 2.75) is 6.92 Å². The number of rotatable bonds is 4.